The maximum absolute atomic E-state index is 13.5. The van der Waals surface area contributed by atoms with Crippen LogP contribution >= 0.6 is 0 Å². The molecule has 0 aliphatic carbocycles. The van der Waals surface area contributed by atoms with E-state index in [1.807, 2.05) is 0 Å². The quantitative estimate of drug-likeness (QED) is 0.547. The van der Waals surface area contributed by atoms with Gasteiger partial charge in [-0.25, -0.2) is 31.7 Å². The van der Waals surface area contributed by atoms with Crippen molar-refractivity contribution in [3.63, 3.8) is 0 Å². The van der Waals surface area contributed by atoms with Gasteiger partial charge >= 0.3 is 6.09 Å². The van der Waals surface area contributed by atoms with Gasteiger partial charge in [-0.15, -0.1) is 5.10 Å². The van der Waals surface area contributed by atoms with Crippen molar-refractivity contribution in [2.24, 2.45) is 7.05 Å². The lowest BCUT2D eigenvalue weighted by Crippen LogP contribution is -2.23. The first kappa shape index (κ1) is 23.1. The summed E-state index contributed by atoms with van der Waals surface area (Å²) in [6, 6.07) is 10.6. The Labute approximate surface area is 182 Å². The molecule has 2 N–H and O–H groups in total. The number of hydrogen-bond acceptors (Lipinski definition) is 7. The van der Waals surface area contributed by atoms with Gasteiger partial charge in [0.1, 0.15) is 0 Å². The highest BCUT2D eigenvalue weighted by atomic mass is 32.2. The Bertz CT molecular complexity index is 1220. The molecule has 170 valence electrons. The summed E-state index contributed by atoms with van der Waals surface area (Å²) in [5, 5.41) is 10.2. The summed E-state index contributed by atoms with van der Waals surface area (Å²) in [7, 11) is -2.01. The number of halogens is 2. The smallest absolute Gasteiger partial charge is 0.413 e. The van der Waals surface area contributed by atoms with Gasteiger partial charge in [0, 0.05) is 7.05 Å². The molecule has 0 spiro atoms. The highest BCUT2D eigenvalue weighted by molar-refractivity contribution is 7.92. The fourth-order valence-electron chi connectivity index (χ4n) is 2.82. The van der Waals surface area contributed by atoms with E-state index in [2.05, 4.69) is 25.3 Å². The predicted octanol–water partition coefficient (Wildman–Crippen LogP) is 3.11. The monoisotopic (exact) mass is 466 g/mol. The Hall–Kier alpha value is -3.61. The van der Waals surface area contributed by atoms with Crippen molar-refractivity contribution in [2.75, 3.05) is 16.3 Å². The maximum atomic E-state index is 13.5. The van der Waals surface area contributed by atoms with E-state index in [1.165, 1.54) is 36.0 Å². The number of nitrogens with zero attached hydrogens (tertiary/aromatic N) is 4. The molecule has 2 aromatic heterocycles. The zero-order chi connectivity index (χ0) is 23.5. The number of benzene rings is 1. The first-order valence-electron chi connectivity index (χ1n) is 9.21. The molecule has 0 saturated carbocycles. The predicted molar refractivity (Wildman–Crippen MR) is 113 cm³/mol. The Kier molecular flexibility index (Phi) is 6.67. The lowest BCUT2D eigenvalue weighted by molar-refractivity contribution is -0.0143. The normalized spacial score (nSPS) is 12.4. The van der Waals surface area contributed by atoms with E-state index in [0.717, 1.165) is 6.26 Å². The van der Waals surface area contributed by atoms with Crippen LogP contribution in [0.5, 0.6) is 0 Å². The zero-order valence-corrected chi connectivity index (χ0v) is 18.1. The van der Waals surface area contributed by atoms with Crippen LogP contribution in [0.2, 0.25) is 0 Å². The van der Waals surface area contributed by atoms with Crippen LogP contribution in [-0.4, -0.2) is 47.2 Å². The van der Waals surface area contributed by atoms with E-state index in [1.54, 1.807) is 25.1 Å². The second-order valence-corrected chi connectivity index (χ2v) is 8.56. The van der Waals surface area contributed by atoms with Crippen molar-refractivity contribution in [3.05, 3.63) is 53.7 Å². The second kappa shape index (κ2) is 9.26. The van der Waals surface area contributed by atoms with Gasteiger partial charge in [0.2, 0.25) is 10.0 Å². The molecule has 0 aliphatic rings. The third kappa shape index (κ3) is 5.55. The molecule has 1 unspecified atom stereocenters. The van der Waals surface area contributed by atoms with E-state index in [9.17, 15) is 22.0 Å². The number of aryl methyl sites for hydroxylation is 2. The van der Waals surface area contributed by atoms with E-state index >= 15 is 0 Å². The van der Waals surface area contributed by atoms with Gasteiger partial charge in [-0.05, 0) is 24.6 Å². The fraction of sp³-hybridized carbons (Fsp3) is 0.263. The number of rotatable bonds is 7. The summed E-state index contributed by atoms with van der Waals surface area (Å²) in [4.78, 5) is 16.7. The number of hydrogen-bond donors (Lipinski definition) is 2. The van der Waals surface area contributed by atoms with Crippen molar-refractivity contribution in [2.45, 2.75) is 19.5 Å². The first-order chi connectivity index (χ1) is 15.0. The van der Waals surface area contributed by atoms with Gasteiger partial charge in [0.05, 0.1) is 23.3 Å². The van der Waals surface area contributed by atoms with Crippen molar-refractivity contribution < 1.29 is 26.7 Å². The first-order valence-corrected chi connectivity index (χ1v) is 11.1. The van der Waals surface area contributed by atoms with E-state index < -0.39 is 28.6 Å². The van der Waals surface area contributed by atoms with Gasteiger partial charge in [0.25, 0.3) is 6.43 Å². The molecular weight excluding hydrogens is 446 g/mol. The van der Waals surface area contributed by atoms with Crippen molar-refractivity contribution in [3.8, 4) is 11.4 Å². The Morgan fingerprint density at radius 2 is 1.84 bits per heavy atom. The molecule has 1 aromatic carbocycles. The number of carbonyl (C=O) groups is 1. The minimum atomic E-state index is -3.50. The number of anilines is 2. The number of aromatic nitrogens is 4. The molecule has 1 atom stereocenters. The van der Waals surface area contributed by atoms with Gasteiger partial charge in [-0.1, -0.05) is 35.5 Å². The molecule has 0 radical (unpaired) electrons. The molecular formula is C19H20F2N6O4S. The number of amides is 1. The highest BCUT2D eigenvalue weighted by Crippen LogP contribution is 2.28. The third-order valence-corrected chi connectivity index (χ3v) is 4.85. The average molecular weight is 466 g/mol. The Balaban J connectivity index is 1.83. The zero-order valence-electron chi connectivity index (χ0n) is 17.3. The molecule has 2 heterocycles. The highest BCUT2D eigenvalue weighted by Gasteiger charge is 2.28. The standard InChI is InChI=1S/C19H20F2N6O4S/c1-11-13(25-32(3,29)30)9-10-14(22-11)15-18(27(2)26-24-15)23-19(28)31-16(17(20)21)12-7-5-4-6-8-12/h4-10,16-17,25H,1-3H3,(H,23,28). The summed E-state index contributed by atoms with van der Waals surface area (Å²) in [6.07, 6.45) is -4.81. The van der Waals surface area contributed by atoms with Crippen LogP contribution in [0.25, 0.3) is 11.4 Å². The van der Waals surface area contributed by atoms with Crippen LogP contribution in [0.1, 0.15) is 17.4 Å². The summed E-state index contributed by atoms with van der Waals surface area (Å²) in [6.45, 7) is 1.59. The molecule has 32 heavy (non-hydrogen) atoms. The SMILES string of the molecule is Cc1nc(-c2nnn(C)c2NC(=O)OC(c2ccccc2)C(F)F)ccc1NS(C)(=O)=O. The number of pyridine rings is 1. The van der Waals surface area contributed by atoms with Crippen LogP contribution in [0.3, 0.4) is 0 Å². The number of sulfonamides is 1. The van der Waals surface area contributed by atoms with Crippen LogP contribution in [0, 0.1) is 6.92 Å². The van der Waals surface area contributed by atoms with E-state index in [-0.39, 0.29) is 28.5 Å². The van der Waals surface area contributed by atoms with E-state index in [0.29, 0.717) is 5.69 Å². The number of carbonyl (C=O) groups excluding carboxylic acids is 1. The van der Waals surface area contributed by atoms with Gasteiger partial charge in [-0.2, -0.15) is 0 Å². The number of ether oxygens (including phenoxy) is 1. The lowest BCUT2D eigenvalue weighted by Gasteiger charge is -2.18. The molecule has 0 aliphatic heterocycles. The van der Waals surface area contributed by atoms with Gasteiger partial charge in [-0.3, -0.25) is 10.0 Å². The number of nitrogens with one attached hydrogen (secondary N) is 2. The Morgan fingerprint density at radius 3 is 2.44 bits per heavy atom. The lowest BCUT2D eigenvalue weighted by atomic mass is 10.1. The van der Waals surface area contributed by atoms with Crippen LogP contribution in [0.4, 0.5) is 25.1 Å². The molecule has 3 rings (SSSR count). The molecule has 0 fully saturated rings. The molecule has 1 amide bonds. The number of alkyl halides is 2. The summed E-state index contributed by atoms with van der Waals surface area (Å²) in [5.41, 5.74) is 1.20. The maximum Gasteiger partial charge on any atom is 0.413 e. The molecule has 3 aromatic rings. The van der Waals surface area contributed by atoms with Crippen molar-refractivity contribution in [1.82, 2.24) is 20.0 Å². The minimum absolute atomic E-state index is 0.0619. The largest absolute Gasteiger partial charge is 0.435 e. The van der Waals surface area contributed by atoms with Crippen molar-refractivity contribution in [1.29, 1.82) is 0 Å². The summed E-state index contributed by atoms with van der Waals surface area (Å²) in [5.74, 6) is 0.0619. The molecule has 13 heteroatoms. The minimum Gasteiger partial charge on any atom is -0.435 e. The second-order valence-electron chi connectivity index (χ2n) is 6.81. The third-order valence-electron chi connectivity index (χ3n) is 4.26. The Morgan fingerprint density at radius 1 is 1.16 bits per heavy atom. The fourth-order valence-corrected chi connectivity index (χ4v) is 3.43. The molecule has 0 saturated heterocycles. The van der Waals surface area contributed by atoms with Crippen molar-refractivity contribution >= 4 is 27.6 Å². The van der Waals surface area contributed by atoms with Gasteiger partial charge in [0.15, 0.2) is 17.6 Å². The van der Waals surface area contributed by atoms with Crippen LogP contribution in [0.15, 0.2) is 42.5 Å². The van der Waals surface area contributed by atoms with Crippen LogP contribution in [-0.2, 0) is 21.8 Å². The van der Waals surface area contributed by atoms with Crippen LogP contribution < -0.4 is 10.0 Å². The van der Waals surface area contributed by atoms with Gasteiger partial charge < -0.3 is 4.74 Å². The summed E-state index contributed by atoms with van der Waals surface area (Å²) < 4.78 is 58.3. The summed E-state index contributed by atoms with van der Waals surface area (Å²) >= 11 is 0. The topological polar surface area (TPSA) is 128 Å². The average Bonchev–Trinajstić information content (AvgIpc) is 3.07. The molecule has 10 nitrogen and oxygen atoms in total. The molecule has 0 bridgehead atoms. The van der Waals surface area contributed by atoms with E-state index in [4.69, 9.17) is 4.74 Å².